The van der Waals surface area contributed by atoms with Crippen molar-refractivity contribution in [3.05, 3.63) is 55.8 Å². The highest BCUT2D eigenvalue weighted by Gasteiger charge is 2.21. The van der Waals surface area contributed by atoms with Gasteiger partial charge in [-0.2, -0.15) is 0 Å². The van der Waals surface area contributed by atoms with Gasteiger partial charge in [0, 0.05) is 23.5 Å². The zero-order valence-electron chi connectivity index (χ0n) is 12.0. The minimum Gasteiger partial charge on any atom is -0.351 e. The van der Waals surface area contributed by atoms with Gasteiger partial charge in [-0.1, -0.05) is 6.92 Å². The van der Waals surface area contributed by atoms with Crippen LogP contribution in [-0.4, -0.2) is 22.4 Å². The van der Waals surface area contributed by atoms with E-state index in [0.717, 1.165) is 28.9 Å². The minimum atomic E-state index is -0.772. The van der Waals surface area contributed by atoms with Crippen molar-refractivity contribution in [1.82, 2.24) is 10.3 Å². The maximum Gasteiger partial charge on any atom is 0.285 e. The largest absolute Gasteiger partial charge is 0.351 e. The topological polar surface area (TPSA) is 85.1 Å². The van der Waals surface area contributed by atoms with E-state index in [2.05, 4.69) is 10.3 Å². The molecule has 8 heteroatoms. The number of nitro benzene ring substituents is 1. The summed E-state index contributed by atoms with van der Waals surface area (Å²) in [4.78, 5) is 26.5. The van der Waals surface area contributed by atoms with Crippen LogP contribution in [0.4, 0.5) is 10.1 Å². The molecule has 2 rings (SSSR count). The Bertz CT molecular complexity index is 717. The number of nitro groups is 1. The molecule has 0 aliphatic heterocycles. The normalized spacial score (nSPS) is 12.0. The Balaban J connectivity index is 2.08. The molecule has 0 aliphatic carbocycles. The predicted molar refractivity (Wildman–Crippen MR) is 80.7 cm³/mol. The Morgan fingerprint density at radius 1 is 1.55 bits per heavy atom. The van der Waals surface area contributed by atoms with E-state index >= 15 is 0 Å². The summed E-state index contributed by atoms with van der Waals surface area (Å²) in [6.45, 7) is 4.07. The number of hydrogen-bond acceptors (Lipinski definition) is 5. The van der Waals surface area contributed by atoms with Crippen molar-refractivity contribution in [2.75, 3.05) is 6.54 Å². The van der Waals surface area contributed by atoms with Gasteiger partial charge in [-0.15, -0.1) is 11.3 Å². The molecule has 1 heterocycles. The number of carbonyl (C=O) groups is 1. The Morgan fingerprint density at radius 2 is 2.27 bits per heavy atom. The van der Waals surface area contributed by atoms with Crippen LogP contribution in [0, 0.1) is 22.9 Å². The molecule has 1 aromatic carbocycles. The third-order valence-corrected chi connectivity index (χ3v) is 4.22. The van der Waals surface area contributed by atoms with Gasteiger partial charge in [-0.05, 0) is 19.1 Å². The van der Waals surface area contributed by atoms with E-state index in [-0.39, 0.29) is 11.5 Å². The molecule has 0 unspecified atom stereocenters. The number of carbonyl (C=O) groups excluding carboxylic acids is 1. The Labute approximate surface area is 130 Å². The number of amides is 1. The molecule has 0 spiro atoms. The fourth-order valence-electron chi connectivity index (χ4n) is 1.87. The molecule has 2 aromatic rings. The van der Waals surface area contributed by atoms with Crippen molar-refractivity contribution in [3.63, 3.8) is 0 Å². The maximum atomic E-state index is 13.1. The molecule has 1 N–H and O–H groups in total. The molecule has 116 valence electrons. The highest BCUT2D eigenvalue weighted by atomic mass is 32.1. The lowest BCUT2D eigenvalue weighted by Gasteiger charge is -2.10. The molecule has 0 saturated heterocycles. The van der Waals surface area contributed by atoms with E-state index < -0.39 is 22.3 Å². The number of nitrogens with zero attached hydrogens (tertiary/aromatic N) is 2. The van der Waals surface area contributed by atoms with E-state index in [1.54, 1.807) is 0 Å². The highest BCUT2D eigenvalue weighted by molar-refractivity contribution is 7.09. The molecule has 1 aromatic heterocycles. The van der Waals surface area contributed by atoms with Crippen molar-refractivity contribution in [1.29, 1.82) is 0 Å². The van der Waals surface area contributed by atoms with Gasteiger partial charge in [0.15, 0.2) is 0 Å². The number of thiazole rings is 1. The molecule has 0 fully saturated rings. The number of rotatable bonds is 5. The Hall–Kier alpha value is -2.35. The molecular weight excluding hydrogens is 309 g/mol. The van der Waals surface area contributed by atoms with Gasteiger partial charge in [0.05, 0.1) is 16.0 Å². The summed E-state index contributed by atoms with van der Waals surface area (Å²) in [5, 5.41) is 16.3. The summed E-state index contributed by atoms with van der Waals surface area (Å²) >= 11 is 1.49. The number of aryl methyl sites for hydroxylation is 1. The molecule has 0 bridgehead atoms. The van der Waals surface area contributed by atoms with Crippen LogP contribution in [0.3, 0.4) is 0 Å². The van der Waals surface area contributed by atoms with Crippen molar-refractivity contribution in [3.8, 4) is 0 Å². The van der Waals surface area contributed by atoms with E-state index in [9.17, 15) is 19.3 Å². The van der Waals surface area contributed by atoms with Gasteiger partial charge in [0.25, 0.3) is 11.6 Å². The lowest BCUT2D eigenvalue weighted by molar-refractivity contribution is -0.385. The molecule has 1 atom stereocenters. The number of aromatic nitrogens is 1. The van der Waals surface area contributed by atoms with Crippen LogP contribution in [0.15, 0.2) is 23.6 Å². The first-order valence-electron chi connectivity index (χ1n) is 6.52. The fourth-order valence-corrected chi connectivity index (χ4v) is 2.73. The van der Waals surface area contributed by atoms with Gasteiger partial charge in [0.2, 0.25) is 0 Å². The summed E-state index contributed by atoms with van der Waals surface area (Å²) in [5.74, 6) is -1.37. The van der Waals surface area contributed by atoms with Crippen LogP contribution in [0.5, 0.6) is 0 Å². The highest BCUT2D eigenvalue weighted by Crippen LogP contribution is 2.21. The van der Waals surface area contributed by atoms with Crippen LogP contribution in [0.2, 0.25) is 0 Å². The second-order valence-electron chi connectivity index (χ2n) is 4.86. The first-order valence-corrected chi connectivity index (χ1v) is 7.40. The van der Waals surface area contributed by atoms with E-state index in [0.29, 0.717) is 6.54 Å². The first kappa shape index (κ1) is 16.0. The predicted octanol–water partition coefficient (Wildman–Crippen LogP) is 3.03. The average molecular weight is 323 g/mol. The summed E-state index contributed by atoms with van der Waals surface area (Å²) in [5.41, 5.74) is 0.205. The van der Waals surface area contributed by atoms with E-state index in [1.165, 1.54) is 11.3 Å². The van der Waals surface area contributed by atoms with Crippen molar-refractivity contribution in [2.24, 2.45) is 0 Å². The molecule has 0 saturated carbocycles. The molecule has 1 amide bonds. The standard InChI is InChI=1S/C14H14FN3O3S/c1-8(14-17-9(2)7-22-14)6-16-13(19)11-4-3-10(15)5-12(11)18(20)21/h3-5,7-8H,6H2,1-2H3,(H,16,19)/t8-/m1/s1. The van der Waals surface area contributed by atoms with Crippen LogP contribution in [-0.2, 0) is 0 Å². The molecule has 0 aliphatic rings. The van der Waals surface area contributed by atoms with Crippen molar-refractivity contribution < 1.29 is 14.1 Å². The number of benzene rings is 1. The Kier molecular flexibility index (Phi) is 4.81. The van der Waals surface area contributed by atoms with E-state index in [1.807, 2.05) is 19.2 Å². The summed E-state index contributed by atoms with van der Waals surface area (Å²) < 4.78 is 13.1. The Morgan fingerprint density at radius 3 is 2.86 bits per heavy atom. The van der Waals surface area contributed by atoms with Gasteiger partial charge in [0.1, 0.15) is 11.4 Å². The second-order valence-corrected chi connectivity index (χ2v) is 5.75. The minimum absolute atomic E-state index is 0.0119. The summed E-state index contributed by atoms with van der Waals surface area (Å²) in [7, 11) is 0. The second kappa shape index (κ2) is 6.61. The lowest BCUT2D eigenvalue weighted by atomic mass is 10.1. The lowest BCUT2D eigenvalue weighted by Crippen LogP contribution is -2.28. The third-order valence-electron chi connectivity index (χ3n) is 3.03. The van der Waals surface area contributed by atoms with E-state index in [4.69, 9.17) is 0 Å². The molecule has 22 heavy (non-hydrogen) atoms. The maximum absolute atomic E-state index is 13.1. The van der Waals surface area contributed by atoms with Crippen LogP contribution >= 0.6 is 11.3 Å². The van der Waals surface area contributed by atoms with Gasteiger partial charge >= 0.3 is 0 Å². The number of hydrogen-bond donors (Lipinski definition) is 1. The molecule has 6 nitrogen and oxygen atoms in total. The number of halogens is 1. The zero-order chi connectivity index (χ0) is 16.3. The fraction of sp³-hybridized carbons (Fsp3) is 0.286. The third kappa shape index (κ3) is 3.64. The zero-order valence-corrected chi connectivity index (χ0v) is 12.8. The monoisotopic (exact) mass is 323 g/mol. The van der Waals surface area contributed by atoms with Crippen LogP contribution in [0.25, 0.3) is 0 Å². The smallest absolute Gasteiger partial charge is 0.285 e. The summed E-state index contributed by atoms with van der Waals surface area (Å²) in [6.07, 6.45) is 0. The number of nitrogens with one attached hydrogen (secondary N) is 1. The SMILES string of the molecule is Cc1csc([C@H](C)CNC(=O)c2ccc(F)cc2[N+](=O)[O-])n1. The summed E-state index contributed by atoms with van der Waals surface area (Å²) in [6, 6.07) is 2.87. The van der Waals surface area contributed by atoms with Crippen LogP contribution in [0.1, 0.15) is 33.9 Å². The van der Waals surface area contributed by atoms with Crippen LogP contribution < -0.4 is 5.32 Å². The van der Waals surface area contributed by atoms with Crippen molar-refractivity contribution >= 4 is 22.9 Å². The van der Waals surface area contributed by atoms with Crippen molar-refractivity contribution in [2.45, 2.75) is 19.8 Å². The van der Waals surface area contributed by atoms with Gasteiger partial charge < -0.3 is 5.32 Å². The first-order chi connectivity index (χ1) is 10.4. The van der Waals surface area contributed by atoms with Gasteiger partial charge in [-0.3, -0.25) is 14.9 Å². The average Bonchev–Trinajstić information content (AvgIpc) is 2.91. The molecule has 0 radical (unpaired) electrons. The molecular formula is C14H14FN3O3S. The van der Waals surface area contributed by atoms with Gasteiger partial charge in [-0.25, -0.2) is 9.37 Å². The quantitative estimate of drug-likeness (QED) is 0.677.